The van der Waals surface area contributed by atoms with E-state index in [1.165, 1.54) is 99.6 Å². The highest BCUT2D eigenvalue weighted by Gasteiger charge is 3.05. The fraction of sp³-hybridized carbons (Fsp3) is 0.383. The molecule has 0 aliphatic heterocycles. The van der Waals surface area contributed by atoms with Crippen LogP contribution < -0.4 is 18.9 Å². The molecule has 14 aliphatic rings. The van der Waals surface area contributed by atoms with Crippen molar-refractivity contribution in [3.8, 4) is 78.6 Å². The van der Waals surface area contributed by atoms with Crippen LogP contribution in [0.25, 0.3) is 77.2 Å². The molecular weight excluding hydrogens is 1260 g/mol. The number of hydrogen-bond donors (Lipinski definition) is 0. The molecule has 6 nitrogen and oxygen atoms in total. The second kappa shape index (κ2) is 20.3. The maximum Gasteiger partial charge on any atom is 0.346 e. The topological polar surface area (TPSA) is 71.1 Å². The van der Waals surface area contributed by atoms with E-state index < -0.39 is 23.6 Å². The van der Waals surface area contributed by atoms with E-state index in [0.717, 1.165) is 151 Å². The third-order valence-corrected chi connectivity index (χ3v) is 30.7. The van der Waals surface area contributed by atoms with Gasteiger partial charge in [-0.2, -0.15) is 0 Å². The molecule has 24 rings (SSSR count). The molecular formula is C94H80F2O6. The van der Waals surface area contributed by atoms with E-state index in [1.807, 2.05) is 84.9 Å². The Labute approximate surface area is 593 Å². The molecule has 10 aromatic rings. The summed E-state index contributed by atoms with van der Waals surface area (Å²) in [7, 11) is 0. The van der Waals surface area contributed by atoms with Crippen LogP contribution in [0.4, 0.5) is 8.78 Å². The number of halogens is 2. The van der Waals surface area contributed by atoms with Gasteiger partial charge in [-0.25, -0.2) is 18.4 Å². The quantitative estimate of drug-likeness (QED) is 0.0668. The number of carbonyl (C=O) groups is 2. The van der Waals surface area contributed by atoms with Crippen LogP contribution in [-0.2, 0) is 0 Å². The molecule has 0 aromatic heterocycles. The van der Waals surface area contributed by atoms with E-state index in [1.54, 1.807) is 12.1 Å². The Morgan fingerprint density at radius 1 is 0.451 bits per heavy atom. The minimum Gasteiger partial charge on any atom is -0.493 e. The Balaban J connectivity index is 0.605. The summed E-state index contributed by atoms with van der Waals surface area (Å²) in [6, 6.07) is 62.7. The lowest BCUT2D eigenvalue weighted by Gasteiger charge is -2.34. The molecule has 8 heteroatoms. The first-order valence-corrected chi connectivity index (χ1v) is 38.8. The van der Waals surface area contributed by atoms with Crippen molar-refractivity contribution in [2.45, 2.75) is 96.0 Å². The first kappa shape index (κ1) is 58.6. The predicted molar refractivity (Wildman–Crippen MR) is 391 cm³/mol. The van der Waals surface area contributed by atoms with E-state index in [9.17, 15) is 0 Å². The highest BCUT2D eigenvalue weighted by Crippen LogP contribution is 3.05. The number of fused-ring (bicyclic) bond motifs is 18. The van der Waals surface area contributed by atoms with Gasteiger partial charge in [0.1, 0.15) is 40.7 Å². The van der Waals surface area contributed by atoms with E-state index in [4.69, 9.17) is 18.9 Å². The Bertz CT molecular complexity index is 5250. The molecule has 0 amide bonds. The van der Waals surface area contributed by atoms with Crippen LogP contribution >= 0.6 is 0 Å². The highest BCUT2D eigenvalue weighted by atomic mass is 19.1. The molecule has 0 heterocycles. The van der Waals surface area contributed by atoms with Crippen LogP contribution in [0.5, 0.6) is 23.0 Å². The van der Waals surface area contributed by atoms with Gasteiger partial charge in [0.05, 0.1) is 17.7 Å². The van der Waals surface area contributed by atoms with Crippen molar-refractivity contribution in [2.24, 2.45) is 117 Å². The minimum atomic E-state index is -0.886. The van der Waals surface area contributed by atoms with Crippen LogP contribution in [0.3, 0.4) is 0 Å². The number of ether oxygens (including phenoxy) is 4. The zero-order valence-electron chi connectivity index (χ0n) is 57.5. The standard InChI is InChI=1S/C94H80F2O6/c1-46-79-80(46)92(79)37-35-53(36-38-92)50-13-19-55(20-14-50)68-40-60-8-4-6-10-64(60)78(88(68)102-90(97)65-33-27-57(41-74(65)95)51-23-29-61(30-24-51)99-45-71-83-84(71)93(83)72-44-73(72)93)77-63-9-5-3-7-59(63)39-67(54-17-11-48(12-18-54)49-15-21-56(22-16-49)76-69-43-70(69)76)87(77)101-91(98)66-34-28-58(42-75(66)96)52-25-31-62(32-26-52)100-89-85-86(89)94(85)81-47(2)82(81)94/h3-14,17-20,23-34,39-42,46-47,49,53,56,69-73,76,79-86,89H,15-16,21-22,35-38,43-45H2,1-2H3. The maximum atomic E-state index is 17.2. The van der Waals surface area contributed by atoms with Crippen molar-refractivity contribution in [1.29, 1.82) is 0 Å². The Hall–Kier alpha value is -8.88. The van der Waals surface area contributed by atoms with Gasteiger partial charge >= 0.3 is 11.9 Å². The van der Waals surface area contributed by atoms with Gasteiger partial charge in [-0.1, -0.05) is 147 Å². The van der Waals surface area contributed by atoms with E-state index in [0.29, 0.717) is 78.8 Å². The van der Waals surface area contributed by atoms with Gasteiger partial charge in [0.25, 0.3) is 0 Å². The lowest BCUT2D eigenvalue weighted by atomic mass is 9.70. The van der Waals surface area contributed by atoms with Crippen molar-refractivity contribution in [3.63, 3.8) is 0 Å². The molecule has 0 radical (unpaired) electrons. The summed E-state index contributed by atoms with van der Waals surface area (Å²) in [5.41, 5.74) is 10.7. The average Bonchev–Trinajstić information content (AvgIpc) is 1.38. The van der Waals surface area contributed by atoms with Gasteiger partial charge < -0.3 is 18.9 Å². The number of benzene rings is 10. The summed E-state index contributed by atoms with van der Waals surface area (Å²) in [6.07, 6.45) is 13.0. The molecule has 14 fully saturated rings. The number of rotatable bonds is 17. The van der Waals surface area contributed by atoms with Gasteiger partial charge in [0, 0.05) is 40.0 Å². The summed E-state index contributed by atoms with van der Waals surface area (Å²) in [5.74, 6) is 15.0. The molecule has 102 heavy (non-hydrogen) atoms. The molecule has 12 unspecified atom stereocenters. The van der Waals surface area contributed by atoms with Gasteiger partial charge in [0.15, 0.2) is 0 Å². The number of carbonyl (C=O) groups excluding carboxylic acids is 2. The SMILES string of the molecule is CC1C2C1C21CCC(c2ccc(-c3cc4ccccc4c(-c4c(OC(=O)c5ccc(-c6ccc(OC7C8C7C87C8C(C)C87)cc6)cc5F)c(-c5ccc(C6CCC(C7C8CC87)CC6)cc5)cc5ccccc45)c3OC(=O)c3ccc(-c4ccc(OCC5C6C5C65C6CC65)cc4)cc3F)cc2)CC1. The minimum absolute atomic E-state index is 0.174. The number of hydrogen-bond acceptors (Lipinski definition) is 6. The summed E-state index contributed by atoms with van der Waals surface area (Å²) in [5, 5.41) is 3.09. The van der Waals surface area contributed by atoms with Crippen molar-refractivity contribution >= 4 is 33.5 Å². The molecule has 0 saturated heterocycles. The van der Waals surface area contributed by atoms with Gasteiger partial charge in [0.2, 0.25) is 0 Å². The second-order valence-corrected chi connectivity index (χ2v) is 34.9. The van der Waals surface area contributed by atoms with E-state index in [2.05, 4.69) is 86.6 Å². The normalized spacial score (nSPS) is 36.9. The average molecular weight is 1340 g/mol. The Kier molecular flexibility index (Phi) is 11.7. The fourth-order valence-corrected chi connectivity index (χ4v) is 24.7. The zero-order chi connectivity index (χ0) is 67.3. The molecule has 0 bridgehead atoms. The molecule has 14 saturated carbocycles. The van der Waals surface area contributed by atoms with Crippen molar-refractivity contribution in [3.05, 3.63) is 228 Å². The monoisotopic (exact) mass is 1340 g/mol. The number of esters is 2. The van der Waals surface area contributed by atoms with Crippen LogP contribution in [-0.4, -0.2) is 24.6 Å². The van der Waals surface area contributed by atoms with Crippen LogP contribution in [0.1, 0.15) is 122 Å². The smallest absolute Gasteiger partial charge is 0.346 e. The Morgan fingerprint density at radius 2 is 0.922 bits per heavy atom. The van der Waals surface area contributed by atoms with Crippen LogP contribution in [0, 0.1) is 128 Å². The third kappa shape index (κ3) is 8.33. The lowest BCUT2D eigenvalue weighted by Crippen LogP contribution is -2.23. The summed E-state index contributed by atoms with van der Waals surface area (Å²) < 4.78 is 61.2. The van der Waals surface area contributed by atoms with Gasteiger partial charge in [-0.15, -0.1) is 0 Å². The van der Waals surface area contributed by atoms with Crippen molar-refractivity contribution in [2.75, 3.05) is 6.61 Å². The molecule has 3 spiro atoms. The Morgan fingerprint density at radius 3 is 1.38 bits per heavy atom. The summed E-state index contributed by atoms with van der Waals surface area (Å²) in [4.78, 5) is 31.1. The van der Waals surface area contributed by atoms with Crippen LogP contribution in [0.2, 0.25) is 0 Å². The van der Waals surface area contributed by atoms with Gasteiger partial charge in [-0.05, 0) is 302 Å². The molecule has 10 aromatic carbocycles. The molecule has 506 valence electrons. The first-order chi connectivity index (χ1) is 50.0. The maximum absolute atomic E-state index is 17.2. The highest BCUT2D eigenvalue weighted by molar-refractivity contribution is 6.16. The van der Waals surface area contributed by atoms with E-state index in [-0.39, 0.29) is 22.6 Å². The first-order valence-electron chi connectivity index (χ1n) is 38.8. The summed E-state index contributed by atoms with van der Waals surface area (Å²) in [6.45, 7) is 5.55. The largest absolute Gasteiger partial charge is 0.493 e. The summed E-state index contributed by atoms with van der Waals surface area (Å²) >= 11 is 0. The van der Waals surface area contributed by atoms with Crippen LogP contribution in [0.15, 0.2) is 194 Å². The third-order valence-electron chi connectivity index (χ3n) is 30.7. The molecule has 0 N–H and O–H groups in total. The predicted octanol–water partition coefficient (Wildman–Crippen LogP) is 21.9. The lowest BCUT2D eigenvalue weighted by molar-refractivity contribution is 0.0719. The van der Waals surface area contributed by atoms with E-state index >= 15 is 18.4 Å². The van der Waals surface area contributed by atoms with Gasteiger partial charge in [-0.3, -0.25) is 0 Å². The van der Waals surface area contributed by atoms with Crippen molar-refractivity contribution < 1.29 is 37.3 Å². The second-order valence-electron chi connectivity index (χ2n) is 34.9. The molecule has 14 aliphatic carbocycles. The van der Waals surface area contributed by atoms with Crippen molar-refractivity contribution in [1.82, 2.24) is 0 Å². The fourth-order valence-electron chi connectivity index (χ4n) is 24.7. The molecule has 12 atom stereocenters. The zero-order valence-corrected chi connectivity index (χ0v) is 57.5.